The van der Waals surface area contributed by atoms with Crippen molar-refractivity contribution < 1.29 is 31.6 Å². The number of hydroxylamine groups is 2. The minimum absolute atomic E-state index is 0.0879. The zero-order valence-electron chi connectivity index (χ0n) is 13.9. The Morgan fingerprint density at radius 3 is 2.54 bits per heavy atom. The van der Waals surface area contributed by atoms with Crippen molar-refractivity contribution in [1.82, 2.24) is 26.1 Å². The van der Waals surface area contributed by atoms with Gasteiger partial charge in [-0.2, -0.15) is 13.5 Å². The van der Waals surface area contributed by atoms with Crippen molar-refractivity contribution in [2.45, 2.75) is 50.2 Å². The predicted octanol–water partition coefficient (Wildman–Crippen LogP) is -1.72. The number of carbonyl (C=O) groups excluding carboxylic acids is 3. The lowest BCUT2D eigenvalue weighted by Gasteiger charge is -2.29. The Hall–Kier alpha value is -1.96. The van der Waals surface area contributed by atoms with Crippen molar-refractivity contribution in [3.05, 3.63) is 0 Å². The number of hydrogen-bond acceptors (Lipinski definition) is 7. The molecule has 3 heterocycles. The first-order valence-corrected chi connectivity index (χ1v) is 9.73. The molecular weight excluding hydrogens is 370 g/mol. The average molecular weight is 391 g/mol. The maximum Gasteiger partial charge on any atom is 0.418 e. The number of urea groups is 1. The molecule has 2 bridgehead atoms. The van der Waals surface area contributed by atoms with Crippen LogP contribution in [0.1, 0.15) is 32.1 Å². The van der Waals surface area contributed by atoms with Gasteiger partial charge in [-0.15, -0.1) is 4.28 Å². The summed E-state index contributed by atoms with van der Waals surface area (Å²) in [4.78, 5) is 37.8. The first-order chi connectivity index (χ1) is 12.3. The van der Waals surface area contributed by atoms with Gasteiger partial charge in [-0.05, 0) is 32.2 Å². The minimum atomic E-state index is -4.84. The molecule has 3 rings (SSSR count). The van der Waals surface area contributed by atoms with E-state index in [1.807, 2.05) is 0 Å². The molecular formula is C13H21N5O7S. The fourth-order valence-corrected chi connectivity index (χ4v) is 3.86. The second-order valence-corrected chi connectivity index (χ2v) is 7.50. The van der Waals surface area contributed by atoms with E-state index in [4.69, 9.17) is 4.55 Å². The highest BCUT2D eigenvalue weighted by Crippen LogP contribution is 2.30. The summed E-state index contributed by atoms with van der Waals surface area (Å²) >= 11 is 0. The van der Waals surface area contributed by atoms with E-state index in [1.165, 1.54) is 0 Å². The summed E-state index contributed by atoms with van der Waals surface area (Å²) in [5.41, 5.74) is 4.67. The van der Waals surface area contributed by atoms with Gasteiger partial charge < -0.3 is 10.2 Å². The van der Waals surface area contributed by atoms with Gasteiger partial charge in [-0.3, -0.25) is 25.0 Å². The van der Waals surface area contributed by atoms with E-state index < -0.39 is 34.4 Å². The lowest BCUT2D eigenvalue weighted by Crippen LogP contribution is -2.57. The molecule has 0 saturated carbocycles. The Morgan fingerprint density at radius 1 is 1.15 bits per heavy atom. The van der Waals surface area contributed by atoms with Gasteiger partial charge in [0.2, 0.25) is 0 Å². The molecule has 12 nitrogen and oxygen atoms in total. The molecule has 1 unspecified atom stereocenters. The topological polar surface area (TPSA) is 157 Å². The molecule has 0 aromatic heterocycles. The van der Waals surface area contributed by atoms with Gasteiger partial charge in [0.1, 0.15) is 6.04 Å². The van der Waals surface area contributed by atoms with Crippen LogP contribution >= 0.6 is 0 Å². The molecule has 13 heteroatoms. The number of hydrogen-bond donors (Lipinski definition) is 4. The zero-order chi connectivity index (χ0) is 18.9. The maximum absolute atomic E-state index is 12.3. The third kappa shape index (κ3) is 4.06. The van der Waals surface area contributed by atoms with E-state index in [9.17, 15) is 22.8 Å². The van der Waals surface area contributed by atoms with E-state index >= 15 is 0 Å². The van der Waals surface area contributed by atoms with Gasteiger partial charge >= 0.3 is 16.4 Å². The number of amides is 4. The van der Waals surface area contributed by atoms with Gasteiger partial charge in [0, 0.05) is 6.54 Å². The first kappa shape index (κ1) is 18.8. The third-order valence-electron chi connectivity index (χ3n) is 4.74. The highest BCUT2D eigenvalue weighted by molar-refractivity contribution is 7.80. The molecule has 146 valence electrons. The number of hydrazine groups is 1. The second-order valence-electron chi connectivity index (χ2n) is 6.49. The predicted molar refractivity (Wildman–Crippen MR) is 85.3 cm³/mol. The fourth-order valence-electron chi connectivity index (χ4n) is 3.47. The molecule has 3 aliphatic rings. The molecule has 4 N–H and O–H groups in total. The molecule has 3 atom stereocenters. The molecule has 0 radical (unpaired) electrons. The van der Waals surface area contributed by atoms with E-state index in [2.05, 4.69) is 20.5 Å². The van der Waals surface area contributed by atoms with E-state index in [1.54, 1.807) is 0 Å². The molecule has 3 fully saturated rings. The van der Waals surface area contributed by atoms with Crippen LogP contribution < -0.4 is 16.2 Å². The van der Waals surface area contributed by atoms with E-state index in [0.29, 0.717) is 17.9 Å². The lowest BCUT2D eigenvalue weighted by molar-refractivity contribution is -0.133. The van der Waals surface area contributed by atoms with Crippen LogP contribution in [0, 0.1) is 0 Å². The van der Waals surface area contributed by atoms with Crippen molar-refractivity contribution in [3.63, 3.8) is 0 Å². The Morgan fingerprint density at radius 2 is 1.88 bits per heavy atom. The number of rotatable bonds is 4. The van der Waals surface area contributed by atoms with Gasteiger partial charge in [0.25, 0.3) is 11.8 Å². The molecule has 4 amide bonds. The van der Waals surface area contributed by atoms with Crippen LogP contribution in [0.4, 0.5) is 4.79 Å². The van der Waals surface area contributed by atoms with Crippen molar-refractivity contribution >= 4 is 28.2 Å². The number of fused-ring (bicyclic) bond motifs is 2. The van der Waals surface area contributed by atoms with Crippen molar-refractivity contribution in [1.29, 1.82) is 0 Å². The summed E-state index contributed by atoms with van der Waals surface area (Å²) in [5, 5.41) is 3.61. The maximum atomic E-state index is 12.3. The SMILES string of the molecule is O=C(NNC(=O)[C@H]1CC[C@H]2CN1C(=O)N2OS(=O)(=O)O)C1CCCCN1. The number of piperidine rings is 2. The minimum Gasteiger partial charge on any atom is -0.309 e. The Bertz CT molecular complexity index is 693. The molecule has 0 aliphatic carbocycles. The van der Waals surface area contributed by atoms with Gasteiger partial charge in [-0.25, -0.2) is 4.79 Å². The second kappa shape index (κ2) is 7.34. The number of nitrogens with zero attached hydrogens (tertiary/aromatic N) is 2. The molecule has 3 saturated heterocycles. The van der Waals surface area contributed by atoms with Gasteiger partial charge in [0.15, 0.2) is 0 Å². The van der Waals surface area contributed by atoms with Crippen molar-refractivity contribution in [2.24, 2.45) is 0 Å². The van der Waals surface area contributed by atoms with Crippen LogP contribution in [-0.2, 0) is 24.3 Å². The molecule has 0 aromatic carbocycles. The summed E-state index contributed by atoms with van der Waals surface area (Å²) < 4.78 is 34.8. The van der Waals surface area contributed by atoms with Crippen LogP contribution in [0.25, 0.3) is 0 Å². The lowest BCUT2D eigenvalue weighted by atomic mass is 10.0. The quantitative estimate of drug-likeness (QED) is 0.325. The van der Waals surface area contributed by atoms with Gasteiger partial charge in [0.05, 0.1) is 12.1 Å². The molecule has 3 aliphatic heterocycles. The van der Waals surface area contributed by atoms with Crippen LogP contribution in [0.15, 0.2) is 0 Å². The Balaban J connectivity index is 1.56. The standard InChI is InChI=1S/C13H21N5O7S/c19-11(9-3-1-2-6-14-9)15-16-12(20)10-5-4-8-7-17(10)13(21)18(8)25-26(22,23)24/h8-10,14H,1-7H2,(H,15,19)(H,16,20)(H,22,23,24)/t8-,9?,10+/m0/s1. The largest absolute Gasteiger partial charge is 0.418 e. The summed E-state index contributed by atoms with van der Waals surface area (Å²) in [7, 11) is -4.84. The van der Waals surface area contributed by atoms with E-state index in [0.717, 1.165) is 24.3 Å². The van der Waals surface area contributed by atoms with Crippen LogP contribution in [0.3, 0.4) is 0 Å². The molecule has 0 aromatic rings. The summed E-state index contributed by atoms with van der Waals surface area (Å²) in [5.74, 6) is -0.925. The average Bonchev–Trinajstić information content (AvgIpc) is 2.84. The normalized spacial score (nSPS) is 28.8. The van der Waals surface area contributed by atoms with Crippen LogP contribution in [-0.4, -0.2) is 72.0 Å². The van der Waals surface area contributed by atoms with Gasteiger partial charge in [-0.1, -0.05) is 6.42 Å². The van der Waals surface area contributed by atoms with Crippen molar-refractivity contribution in [3.8, 4) is 0 Å². The molecule has 0 spiro atoms. The summed E-state index contributed by atoms with van der Waals surface area (Å²) in [6.45, 7) is 0.826. The van der Waals surface area contributed by atoms with E-state index in [-0.39, 0.29) is 24.9 Å². The monoisotopic (exact) mass is 391 g/mol. The summed E-state index contributed by atoms with van der Waals surface area (Å²) in [6.07, 6.45) is 3.19. The Labute approximate surface area is 150 Å². The first-order valence-electron chi connectivity index (χ1n) is 8.36. The number of carbonyl (C=O) groups is 3. The summed E-state index contributed by atoms with van der Waals surface area (Å²) in [6, 6.07) is -2.64. The molecule has 26 heavy (non-hydrogen) atoms. The van der Waals surface area contributed by atoms with Crippen LogP contribution in [0.2, 0.25) is 0 Å². The third-order valence-corrected chi connectivity index (χ3v) is 5.08. The number of nitrogens with one attached hydrogen (secondary N) is 3. The zero-order valence-corrected chi connectivity index (χ0v) is 14.7. The van der Waals surface area contributed by atoms with Crippen molar-refractivity contribution in [2.75, 3.05) is 13.1 Å². The fraction of sp³-hybridized carbons (Fsp3) is 0.769. The van der Waals surface area contributed by atoms with Crippen LogP contribution in [0.5, 0.6) is 0 Å². The highest BCUT2D eigenvalue weighted by Gasteiger charge is 2.49. The Kier molecular flexibility index (Phi) is 5.32. The highest BCUT2D eigenvalue weighted by atomic mass is 32.3. The smallest absolute Gasteiger partial charge is 0.309 e.